The van der Waals surface area contributed by atoms with Crippen molar-refractivity contribution in [3.05, 3.63) is 18.5 Å². The molecule has 0 spiro atoms. The molecule has 2 N–H and O–H groups in total. The standard InChI is InChI=1S/C17H28N6O/c1-13(2)20-14-4-5-15(14)21-16(24)12-22-8-10-23(11-9-22)17-18-6-3-7-19-17/h3,6-7,13-15,20H,4-5,8-12H2,1-2H3,(H,21,24)/t14-,15+/m1/s1. The minimum atomic E-state index is 0.139. The second kappa shape index (κ2) is 7.90. The number of rotatable bonds is 6. The summed E-state index contributed by atoms with van der Waals surface area (Å²) >= 11 is 0. The number of anilines is 1. The highest BCUT2D eigenvalue weighted by atomic mass is 16.2. The topological polar surface area (TPSA) is 73.4 Å². The van der Waals surface area contributed by atoms with Gasteiger partial charge in [-0.15, -0.1) is 0 Å². The van der Waals surface area contributed by atoms with Crippen LogP contribution in [0.15, 0.2) is 18.5 Å². The summed E-state index contributed by atoms with van der Waals surface area (Å²) in [5, 5.41) is 6.69. The lowest BCUT2D eigenvalue weighted by molar-refractivity contribution is -0.123. The monoisotopic (exact) mass is 332 g/mol. The molecule has 1 aliphatic heterocycles. The zero-order chi connectivity index (χ0) is 16.9. The van der Waals surface area contributed by atoms with Gasteiger partial charge in [0.05, 0.1) is 6.54 Å². The van der Waals surface area contributed by atoms with Gasteiger partial charge in [-0.25, -0.2) is 9.97 Å². The lowest BCUT2D eigenvalue weighted by Gasteiger charge is -2.40. The van der Waals surface area contributed by atoms with E-state index >= 15 is 0 Å². The van der Waals surface area contributed by atoms with Crippen molar-refractivity contribution in [3.63, 3.8) is 0 Å². The summed E-state index contributed by atoms with van der Waals surface area (Å²) < 4.78 is 0. The molecule has 0 aromatic carbocycles. The fraction of sp³-hybridized carbons (Fsp3) is 0.706. The normalized spacial score (nSPS) is 24.7. The highest BCUT2D eigenvalue weighted by Gasteiger charge is 2.32. The fourth-order valence-corrected chi connectivity index (χ4v) is 3.32. The Bertz CT molecular complexity index is 529. The average molecular weight is 332 g/mol. The van der Waals surface area contributed by atoms with Gasteiger partial charge in [0.15, 0.2) is 0 Å². The Labute approximate surface area is 143 Å². The van der Waals surface area contributed by atoms with Crippen molar-refractivity contribution in [2.45, 2.75) is 44.8 Å². The number of carbonyl (C=O) groups is 1. The van der Waals surface area contributed by atoms with Gasteiger partial charge in [-0.2, -0.15) is 0 Å². The van der Waals surface area contributed by atoms with E-state index in [1.165, 1.54) is 0 Å². The quantitative estimate of drug-likeness (QED) is 0.778. The van der Waals surface area contributed by atoms with Crippen LogP contribution in [-0.2, 0) is 4.79 Å². The number of carbonyl (C=O) groups excluding carboxylic acids is 1. The number of aromatic nitrogens is 2. The third-order valence-corrected chi connectivity index (χ3v) is 4.74. The first-order chi connectivity index (χ1) is 11.6. The molecule has 2 aliphatic rings. The Morgan fingerprint density at radius 3 is 2.42 bits per heavy atom. The predicted molar refractivity (Wildman–Crippen MR) is 93.9 cm³/mol. The van der Waals surface area contributed by atoms with Crippen LogP contribution in [0.4, 0.5) is 5.95 Å². The van der Waals surface area contributed by atoms with Crippen LogP contribution in [0.1, 0.15) is 26.7 Å². The summed E-state index contributed by atoms with van der Waals surface area (Å²) in [5.41, 5.74) is 0. The van der Waals surface area contributed by atoms with Crippen LogP contribution in [0.25, 0.3) is 0 Å². The molecular weight excluding hydrogens is 304 g/mol. The summed E-state index contributed by atoms with van der Waals surface area (Å²) in [6, 6.07) is 3.01. The van der Waals surface area contributed by atoms with Crippen molar-refractivity contribution >= 4 is 11.9 Å². The van der Waals surface area contributed by atoms with E-state index in [9.17, 15) is 4.79 Å². The maximum absolute atomic E-state index is 12.3. The lowest BCUT2D eigenvalue weighted by atomic mass is 9.86. The molecule has 2 atom stereocenters. The first kappa shape index (κ1) is 17.1. The van der Waals surface area contributed by atoms with Crippen molar-refractivity contribution in [1.82, 2.24) is 25.5 Å². The highest BCUT2D eigenvalue weighted by molar-refractivity contribution is 5.78. The first-order valence-corrected chi connectivity index (χ1v) is 8.91. The molecule has 1 aromatic heterocycles. The van der Waals surface area contributed by atoms with E-state index in [2.05, 4.69) is 44.2 Å². The molecule has 132 valence electrons. The van der Waals surface area contributed by atoms with Gasteiger partial charge in [0.1, 0.15) is 0 Å². The Morgan fingerprint density at radius 1 is 1.17 bits per heavy atom. The molecule has 3 rings (SSSR count). The maximum Gasteiger partial charge on any atom is 0.234 e. The number of piperazine rings is 1. The van der Waals surface area contributed by atoms with Crippen LogP contribution in [0.3, 0.4) is 0 Å². The van der Waals surface area contributed by atoms with Crippen LogP contribution in [-0.4, -0.2) is 71.6 Å². The van der Waals surface area contributed by atoms with E-state index in [0.29, 0.717) is 24.7 Å². The van der Waals surface area contributed by atoms with E-state index in [1.54, 1.807) is 12.4 Å². The van der Waals surface area contributed by atoms with Crippen molar-refractivity contribution in [3.8, 4) is 0 Å². The summed E-state index contributed by atoms with van der Waals surface area (Å²) in [6.07, 6.45) is 5.76. The number of hydrogen-bond donors (Lipinski definition) is 2. The van der Waals surface area contributed by atoms with Crippen molar-refractivity contribution < 1.29 is 4.79 Å². The van der Waals surface area contributed by atoms with Crippen LogP contribution in [0.5, 0.6) is 0 Å². The molecule has 1 saturated carbocycles. The van der Waals surface area contributed by atoms with Crippen molar-refractivity contribution in [2.24, 2.45) is 0 Å². The lowest BCUT2D eigenvalue weighted by Crippen LogP contribution is -2.59. The molecule has 0 unspecified atom stereocenters. The Hall–Kier alpha value is -1.73. The van der Waals surface area contributed by atoms with Crippen LogP contribution < -0.4 is 15.5 Å². The molecule has 0 bridgehead atoms. The van der Waals surface area contributed by atoms with Gasteiger partial charge in [0.2, 0.25) is 11.9 Å². The molecule has 1 saturated heterocycles. The number of hydrogen-bond acceptors (Lipinski definition) is 6. The Balaban J connectivity index is 1.39. The van der Waals surface area contributed by atoms with Gasteiger partial charge in [-0.3, -0.25) is 9.69 Å². The molecule has 1 aromatic rings. The van der Waals surface area contributed by atoms with Gasteiger partial charge in [0, 0.05) is 56.7 Å². The Kier molecular flexibility index (Phi) is 5.63. The summed E-state index contributed by atoms with van der Waals surface area (Å²) in [7, 11) is 0. The smallest absolute Gasteiger partial charge is 0.234 e. The van der Waals surface area contributed by atoms with Gasteiger partial charge >= 0.3 is 0 Å². The summed E-state index contributed by atoms with van der Waals surface area (Å²) in [4.78, 5) is 25.2. The number of nitrogens with one attached hydrogen (secondary N) is 2. The molecular formula is C17H28N6O. The van der Waals surface area contributed by atoms with E-state index in [-0.39, 0.29) is 5.91 Å². The summed E-state index contributed by atoms with van der Waals surface area (Å²) in [6.45, 7) is 8.22. The van der Waals surface area contributed by atoms with E-state index in [0.717, 1.165) is 45.0 Å². The van der Waals surface area contributed by atoms with Gasteiger partial charge in [-0.1, -0.05) is 13.8 Å². The fourth-order valence-electron chi connectivity index (χ4n) is 3.32. The molecule has 7 heteroatoms. The molecule has 2 fully saturated rings. The third-order valence-electron chi connectivity index (χ3n) is 4.74. The number of amides is 1. The molecule has 1 aliphatic carbocycles. The molecule has 0 radical (unpaired) electrons. The van der Waals surface area contributed by atoms with Crippen molar-refractivity contribution in [1.29, 1.82) is 0 Å². The molecule has 1 amide bonds. The molecule has 7 nitrogen and oxygen atoms in total. The SMILES string of the molecule is CC(C)N[C@@H]1CC[C@@H]1NC(=O)CN1CCN(c2ncccn2)CC1. The van der Waals surface area contributed by atoms with Crippen LogP contribution in [0.2, 0.25) is 0 Å². The molecule has 24 heavy (non-hydrogen) atoms. The summed E-state index contributed by atoms with van der Waals surface area (Å²) in [5.74, 6) is 0.915. The van der Waals surface area contributed by atoms with Gasteiger partial charge in [-0.05, 0) is 18.9 Å². The Morgan fingerprint density at radius 2 is 1.83 bits per heavy atom. The van der Waals surface area contributed by atoms with Crippen LogP contribution in [0, 0.1) is 0 Å². The molecule has 2 heterocycles. The minimum Gasteiger partial charge on any atom is -0.351 e. The zero-order valence-corrected chi connectivity index (χ0v) is 14.6. The van der Waals surface area contributed by atoms with E-state index in [1.807, 2.05) is 6.07 Å². The largest absolute Gasteiger partial charge is 0.351 e. The minimum absolute atomic E-state index is 0.139. The van der Waals surface area contributed by atoms with E-state index < -0.39 is 0 Å². The van der Waals surface area contributed by atoms with E-state index in [4.69, 9.17) is 0 Å². The van der Waals surface area contributed by atoms with Gasteiger partial charge < -0.3 is 15.5 Å². The predicted octanol–water partition coefficient (Wildman–Crippen LogP) is 0.244. The second-order valence-electron chi connectivity index (χ2n) is 6.99. The zero-order valence-electron chi connectivity index (χ0n) is 14.6. The first-order valence-electron chi connectivity index (χ1n) is 8.91. The maximum atomic E-state index is 12.3. The van der Waals surface area contributed by atoms with Gasteiger partial charge in [0.25, 0.3) is 0 Å². The second-order valence-corrected chi connectivity index (χ2v) is 6.99. The average Bonchev–Trinajstić information content (AvgIpc) is 2.58. The van der Waals surface area contributed by atoms with Crippen molar-refractivity contribution in [2.75, 3.05) is 37.6 Å². The highest BCUT2D eigenvalue weighted by Crippen LogP contribution is 2.20. The van der Waals surface area contributed by atoms with Crippen LogP contribution >= 0.6 is 0 Å². The third kappa shape index (κ3) is 4.42. The number of nitrogens with zero attached hydrogens (tertiary/aromatic N) is 4.